The van der Waals surface area contributed by atoms with E-state index in [9.17, 15) is 0 Å². The number of hydrogen-bond donors (Lipinski definition) is 0. The molecule has 5 nitrogen and oxygen atoms in total. The van der Waals surface area contributed by atoms with Crippen LogP contribution in [0.25, 0.3) is 88.4 Å². The molecule has 4 heterocycles. The number of nitrogens with zero attached hydrogens (tertiary/aromatic N) is 5. The maximum atomic E-state index is 5.06. The molecule has 0 N–H and O–H groups in total. The Hall–Kier alpha value is -6.11. The molecule has 0 aliphatic heterocycles. The van der Waals surface area contributed by atoms with Crippen molar-refractivity contribution in [1.82, 2.24) is 22.9 Å². The maximum absolute atomic E-state index is 5.06. The fourth-order valence-electron chi connectivity index (χ4n) is 7.17. The van der Waals surface area contributed by atoms with E-state index in [1.807, 2.05) is 6.20 Å². The first-order valence-electron chi connectivity index (χ1n) is 15.6. The second-order valence-electron chi connectivity index (χ2n) is 11.8. The lowest BCUT2D eigenvalue weighted by molar-refractivity contribution is 1.18. The smallest absolute Gasteiger partial charge is 0.131 e. The van der Waals surface area contributed by atoms with Crippen LogP contribution in [0.4, 0.5) is 0 Å². The summed E-state index contributed by atoms with van der Waals surface area (Å²) in [5.74, 6) is 0. The predicted molar refractivity (Wildman–Crippen MR) is 195 cm³/mol. The molecule has 0 bridgehead atoms. The van der Waals surface area contributed by atoms with Gasteiger partial charge >= 0.3 is 0 Å². The summed E-state index contributed by atoms with van der Waals surface area (Å²) in [5.41, 5.74) is 12.6. The molecule has 0 unspecified atom stereocenters. The molecular weight excluding hydrogens is 595 g/mol. The highest BCUT2D eigenvalue weighted by atomic mass is 32.1. The van der Waals surface area contributed by atoms with Gasteiger partial charge in [0.25, 0.3) is 0 Å². The van der Waals surface area contributed by atoms with Crippen LogP contribution in [0, 0.1) is 0 Å². The standard InChI is InChI=1S/C41H25N5S/c1-3-11-28(12-4-1)45-35-17-9-7-15-30(35)32-23-26(19-21-37(32)45)34-25-42-39(41-40(34)43-47-44-41)27-20-22-38-33(24-27)31-16-8-10-18-36(31)46(38)29-13-5-2-6-14-29/h1-25H. The SMILES string of the molecule is c1ccc(-n2c3ccccc3c3cc(-c4cnc(-c5ccc6c(c5)c5ccccc5n6-c5ccccc5)c5nsnc45)ccc32)cc1. The van der Waals surface area contributed by atoms with Crippen LogP contribution >= 0.6 is 11.7 Å². The largest absolute Gasteiger partial charge is 0.309 e. The molecular formula is C41H25N5S. The van der Waals surface area contributed by atoms with E-state index in [0.717, 1.165) is 50.3 Å². The molecule has 0 aliphatic rings. The van der Waals surface area contributed by atoms with E-state index in [2.05, 4.69) is 155 Å². The first kappa shape index (κ1) is 26.1. The topological polar surface area (TPSA) is 48.5 Å². The third-order valence-corrected chi connectivity index (χ3v) is 9.78. The van der Waals surface area contributed by atoms with E-state index in [1.54, 1.807) is 0 Å². The second kappa shape index (κ2) is 10.2. The summed E-state index contributed by atoms with van der Waals surface area (Å²) in [6, 6.07) is 51.5. The van der Waals surface area contributed by atoms with Crippen LogP contribution in [-0.2, 0) is 0 Å². The highest BCUT2D eigenvalue weighted by Gasteiger charge is 2.19. The summed E-state index contributed by atoms with van der Waals surface area (Å²) < 4.78 is 14.3. The number of pyridine rings is 1. The molecule has 0 aliphatic carbocycles. The molecule has 0 fully saturated rings. The van der Waals surface area contributed by atoms with Crippen LogP contribution in [0.5, 0.6) is 0 Å². The van der Waals surface area contributed by atoms with Crippen molar-refractivity contribution in [3.63, 3.8) is 0 Å². The first-order valence-corrected chi connectivity index (χ1v) is 16.4. The molecule has 4 aromatic heterocycles. The van der Waals surface area contributed by atoms with Crippen molar-refractivity contribution in [2.45, 2.75) is 0 Å². The van der Waals surface area contributed by atoms with E-state index in [-0.39, 0.29) is 0 Å². The van der Waals surface area contributed by atoms with Gasteiger partial charge in [0.15, 0.2) is 0 Å². The van der Waals surface area contributed by atoms with Crippen LogP contribution in [0.3, 0.4) is 0 Å². The molecule has 0 radical (unpaired) electrons. The average Bonchev–Trinajstić information content (AvgIpc) is 3.85. The van der Waals surface area contributed by atoms with Crippen LogP contribution in [0.15, 0.2) is 152 Å². The van der Waals surface area contributed by atoms with Gasteiger partial charge in [-0.25, -0.2) is 0 Å². The molecule has 10 aromatic rings. The van der Waals surface area contributed by atoms with Gasteiger partial charge in [0.2, 0.25) is 0 Å². The number of aromatic nitrogens is 5. The van der Waals surface area contributed by atoms with E-state index in [1.165, 1.54) is 49.8 Å². The predicted octanol–water partition coefficient (Wildman–Crippen LogP) is 10.6. The fourth-order valence-corrected chi connectivity index (χ4v) is 7.73. The minimum Gasteiger partial charge on any atom is -0.309 e. The Balaban J connectivity index is 1.14. The maximum Gasteiger partial charge on any atom is 0.131 e. The molecule has 6 aromatic carbocycles. The normalized spacial score (nSPS) is 11.8. The summed E-state index contributed by atoms with van der Waals surface area (Å²) in [6.45, 7) is 0. The summed E-state index contributed by atoms with van der Waals surface area (Å²) in [5, 5.41) is 4.81. The van der Waals surface area contributed by atoms with Gasteiger partial charge in [-0.05, 0) is 66.2 Å². The Morgan fingerprint density at radius 3 is 1.53 bits per heavy atom. The summed E-state index contributed by atoms with van der Waals surface area (Å²) in [7, 11) is 0. The Kier molecular flexibility index (Phi) is 5.68. The zero-order valence-corrected chi connectivity index (χ0v) is 25.9. The molecule has 6 heteroatoms. The van der Waals surface area contributed by atoms with E-state index in [4.69, 9.17) is 13.7 Å². The minimum atomic E-state index is 0.824. The summed E-state index contributed by atoms with van der Waals surface area (Å²) in [6.07, 6.45) is 1.97. The summed E-state index contributed by atoms with van der Waals surface area (Å²) >= 11 is 1.24. The van der Waals surface area contributed by atoms with E-state index < -0.39 is 0 Å². The Bertz CT molecular complexity index is 2600. The van der Waals surface area contributed by atoms with Gasteiger partial charge in [-0.2, -0.15) is 8.75 Å². The number of benzene rings is 6. The molecule has 220 valence electrons. The second-order valence-corrected chi connectivity index (χ2v) is 12.4. The van der Waals surface area contributed by atoms with Crippen LogP contribution in [0.1, 0.15) is 0 Å². The molecule has 0 saturated heterocycles. The quantitative estimate of drug-likeness (QED) is 0.197. The molecule has 0 atom stereocenters. The Morgan fingerprint density at radius 1 is 0.426 bits per heavy atom. The number of fused-ring (bicyclic) bond motifs is 7. The number of rotatable bonds is 4. The van der Waals surface area contributed by atoms with Crippen molar-refractivity contribution in [3.05, 3.63) is 152 Å². The zero-order chi connectivity index (χ0) is 30.9. The third-order valence-electron chi connectivity index (χ3n) is 9.25. The average molecular weight is 620 g/mol. The van der Waals surface area contributed by atoms with Crippen molar-refractivity contribution in [3.8, 4) is 33.8 Å². The van der Waals surface area contributed by atoms with Crippen molar-refractivity contribution < 1.29 is 0 Å². The van der Waals surface area contributed by atoms with E-state index in [0.29, 0.717) is 0 Å². The molecule has 0 saturated carbocycles. The van der Waals surface area contributed by atoms with Gasteiger partial charge in [0, 0.05) is 50.2 Å². The van der Waals surface area contributed by atoms with Crippen molar-refractivity contribution in [2.24, 2.45) is 0 Å². The van der Waals surface area contributed by atoms with Gasteiger partial charge in [0.1, 0.15) is 11.0 Å². The van der Waals surface area contributed by atoms with Crippen molar-refractivity contribution >= 4 is 66.4 Å². The van der Waals surface area contributed by atoms with Gasteiger partial charge in [0.05, 0.1) is 39.5 Å². The van der Waals surface area contributed by atoms with Crippen LogP contribution < -0.4 is 0 Å². The Morgan fingerprint density at radius 2 is 0.915 bits per heavy atom. The molecule has 10 rings (SSSR count). The van der Waals surface area contributed by atoms with Crippen LogP contribution in [0.2, 0.25) is 0 Å². The third kappa shape index (κ3) is 3.92. The highest BCUT2D eigenvalue weighted by molar-refractivity contribution is 7.00. The van der Waals surface area contributed by atoms with Gasteiger partial charge in [-0.1, -0.05) is 84.9 Å². The number of para-hydroxylation sites is 4. The van der Waals surface area contributed by atoms with Crippen molar-refractivity contribution in [1.29, 1.82) is 0 Å². The Labute approximate surface area is 273 Å². The zero-order valence-electron chi connectivity index (χ0n) is 25.1. The molecule has 47 heavy (non-hydrogen) atoms. The minimum absolute atomic E-state index is 0.824. The monoisotopic (exact) mass is 619 g/mol. The van der Waals surface area contributed by atoms with Gasteiger partial charge in [-0.3, -0.25) is 4.98 Å². The summed E-state index contributed by atoms with van der Waals surface area (Å²) in [4.78, 5) is 5.06. The lowest BCUT2D eigenvalue weighted by atomic mass is 10.0. The van der Waals surface area contributed by atoms with Crippen molar-refractivity contribution in [2.75, 3.05) is 0 Å². The highest BCUT2D eigenvalue weighted by Crippen LogP contribution is 2.39. The molecule has 0 spiro atoms. The van der Waals surface area contributed by atoms with Gasteiger partial charge in [-0.15, -0.1) is 0 Å². The van der Waals surface area contributed by atoms with Gasteiger partial charge < -0.3 is 9.13 Å². The number of hydrogen-bond acceptors (Lipinski definition) is 4. The first-order chi connectivity index (χ1) is 23.3. The van der Waals surface area contributed by atoms with E-state index >= 15 is 0 Å². The van der Waals surface area contributed by atoms with Crippen LogP contribution in [-0.4, -0.2) is 22.9 Å². The lowest BCUT2D eigenvalue weighted by Crippen LogP contribution is -1.94. The fraction of sp³-hybridized carbons (Fsp3) is 0. The lowest BCUT2D eigenvalue weighted by Gasteiger charge is -2.09. The molecule has 0 amide bonds.